The molecule has 0 N–H and O–H groups in total. The number of halogens is 1. The first-order valence-corrected chi connectivity index (χ1v) is 14.1. The Balaban J connectivity index is 2.41. The molecular formula is C13H17ClGeS. The quantitative estimate of drug-likeness (QED) is 0.348. The van der Waals surface area contributed by atoms with Gasteiger partial charge >= 0.3 is 111 Å². The van der Waals surface area contributed by atoms with Crippen molar-refractivity contribution < 1.29 is 0 Å². The van der Waals surface area contributed by atoms with E-state index in [-0.39, 0.29) is 5.38 Å². The van der Waals surface area contributed by atoms with Crippen LogP contribution in [-0.4, -0.2) is 24.4 Å². The van der Waals surface area contributed by atoms with Crippen molar-refractivity contribution in [3.05, 3.63) is 30.3 Å². The van der Waals surface area contributed by atoms with Gasteiger partial charge in [0.15, 0.2) is 0 Å². The minimum atomic E-state index is -1.74. The summed E-state index contributed by atoms with van der Waals surface area (Å²) in [6.45, 7) is 0. The third-order valence-electron chi connectivity index (χ3n) is 1.74. The van der Waals surface area contributed by atoms with Crippen molar-refractivity contribution in [2.45, 2.75) is 27.5 Å². The third kappa shape index (κ3) is 6.52. The van der Waals surface area contributed by atoms with Gasteiger partial charge in [0, 0.05) is 0 Å². The first kappa shape index (κ1) is 14.0. The molecule has 0 saturated heterocycles. The number of benzene rings is 1. The first-order chi connectivity index (χ1) is 7.47. The Kier molecular flexibility index (Phi) is 5.82. The van der Waals surface area contributed by atoms with Crippen molar-refractivity contribution >= 4 is 36.6 Å². The van der Waals surface area contributed by atoms with Crippen LogP contribution in [0.5, 0.6) is 0 Å². The average Bonchev–Trinajstić information content (AvgIpc) is 2.24. The molecule has 0 fully saturated rings. The molecule has 1 rings (SSSR count). The van der Waals surface area contributed by atoms with Crippen LogP contribution < -0.4 is 0 Å². The van der Waals surface area contributed by atoms with Crippen molar-refractivity contribution in [3.63, 3.8) is 0 Å². The molecule has 16 heavy (non-hydrogen) atoms. The minimum absolute atomic E-state index is 0.0324. The molecule has 0 aliphatic rings. The first-order valence-electron chi connectivity index (χ1n) is 5.32. The Morgan fingerprint density at radius 3 is 2.44 bits per heavy atom. The van der Waals surface area contributed by atoms with E-state index < -0.39 is 13.3 Å². The molecule has 0 spiro atoms. The Hall–Kier alpha value is -0.0371. The van der Waals surface area contributed by atoms with Gasteiger partial charge in [-0.1, -0.05) is 0 Å². The molecule has 1 atom stereocenters. The molecule has 0 amide bonds. The Labute approximate surface area is 111 Å². The van der Waals surface area contributed by atoms with Gasteiger partial charge in [0.25, 0.3) is 0 Å². The molecule has 0 bridgehead atoms. The zero-order valence-corrected chi connectivity index (χ0v) is 13.6. The second-order valence-corrected chi connectivity index (χ2v) is 16.2. The zero-order chi connectivity index (χ0) is 12.0. The predicted octanol–water partition coefficient (Wildman–Crippen LogP) is 4.27. The van der Waals surface area contributed by atoms with Crippen molar-refractivity contribution in [1.82, 2.24) is 0 Å². The van der Waals surface area contributed by atoms with Gasteiger partial charge in [-0.25, -0.2) is 0 Å². The zero-order valence-electron chi connectivity index (χ0n) is 9.96. The van der Waals surface area contributed by atoms with Gasteiger partial charge < -0.3 is 0 Å². The monoisotopic (exact) mass is 314 g/mol. The molecule has 0 nitrogen and oxygen atoms in total. The molecule has 0 aliphatic heterocycles. The van der Waals surface area contributed by atoms with Crippen LogP contribution in [0.1, 0.15) is 0 Å². The fourth-order valence-corrected chi connectivity index (χ4v) is 3.50. The summed E-state index contributed by atoms with van der Waals surface area (Å²) >= 11 is 6.19. The summed E-state index contributed by atoms with van der Waals surface area (Å²) < 4.78 is 3.35. The molecule has 0 radical (unpaired) electrons. The fourth-order valence-electron chi connectivity index (χ4n) is 1.02. The average molecular weight is 313 g/mol. The van der Waals surface area contributed by atoms with Gasteiger partial charge in [-0.2, -0.15) is 0 Å². The van der Waals surface area contributed by atoms with Crippen molar-refractivity contribution in [2.24, 2.45) is 0 Å². The molecule has 3 heteroatoms. The van der Waals surface area contributed by atoms with E-state index in [2.05, 4.69) is 40.1 Å². The molecule has 0 aromatic heterocycles. The second-order valence-electron chi connectivity index (χ2n) is 4.61. The van der Waals surface area contributed by atoms with Gasteiger partial charge in [0.1, 0.15) is 0 Å². The van der Waals surface area contributed by atoms with Crippen LogP contribution in [-0.2, 0) is 0 Å². The fraction of sp³-hybridized carbons (Fsp3) is 0.385. The molecular weight excluding hydrogens is 296 g/mol. The third-order valence-corrected chi connectivity index (χ3v) is 5.17. The van der Waals surface area contributed by atoms with E-state index in [0.717, 1.165) is 5.75 Å². The van der Waals surface area contributed by atoms with E-state index in [9.17, 15) is 0 Å². The number of alkyl halides is 1. The molecule has 1 aromatic rings. The van der Waals surface area contributed by atoms with Crippen LogP contribution in [0.3, 0.4) is 0 Å². The second kappa shape index (κ2) is 6.64. The Morgan fingerprint density at radius 2 is 1.88 bits per heavy atom. The number of hydrogen-bond acceptors (Lipinski definition) is 1. The Bertz CT molecular complexity index is 372. The van der Waals surface area contributed by atoms with Crippen molar-refractivity contribution in [3.8, 4) is 10.7 Å². The van der Waals surface area contributed by atoms with E-state index in [4.69, 9.17) is 11.6 Å². The predicted molar refractivity (Wildman–Crippen MR) is 77.9 cm³/mol. The molecule has 86 valence electrons. The maximum atomic E-state index is 6.17. The van der Waals surface area contributed by atoms with Crippen LogP contribution in [0.2, 0.25) is 17.3 Å². The number of rotatable bonds is 3. The van der Waals surface area contributed by atoms with E-state index in [1.54, 1.807) is 11.8 Å². The van der Waals surface area contributed by atoms with E-state index in [1.807, 2.05) is 18.2 Å². The summed E-state index contributed by atoms with van der Waals surface area (Å²) in [5.41, 5.74) is 0. The summed E-state index contributed by atoms with van der Waals surface area (Å²) in [5, 5.41) is -0.0324. The van der Waals surface area contributed by atoms with Crippen molar-refractivity contribution in [2.75, 3.05) is 5.75 Å². The summed E-state index contributed by atoms with van der Waals surface area (Å²) in [5.74, 6) is 10.9. The van der Waals surface area contributed by atoms with Gasteiger partial charge in [-0.15, -0.1) is 0 Å². The normalized spacial score (nSPS) is 12.8. The number of hydrogen-bond donors (Lipinski definition) is 0. The topological polar surface area (TPSA) is 0 Å². The summed E-state index contributed by atoms with van der Waals surface area (Å²) in [7, 11) is 0. The van der Waals surface area contributed by atoms with Gasteiger partial charge in [0.05, 0.1) is 0 Å². The molecule has 1 unspecified atom stereocenters. The SMILES string of the molecule is [CH3][Ge]([CH3])([CH3])[C]#CC(Cl)CSc1ccccc1. The Morgan fingerprint density at radius 1 is 1.25 bits per heavy atom. The van der Waals surface area contributed by atoms with Crippen molar-refractivity contribution in [1.29, 1.82) is 0 Å². The molecule has 1 aromatic carbocycles. The van der Waals surface area contributed by atoms with Crippen LogP contribution in [0.15, 0.2) is 35.2 Å². The molecule has 0 heterocycles. The van der Waals surface area contributed by atoms with Gasteiger partial charge in [0.2, 0.25) is 0 Å². The van der Waals surface area contributed by atoms with E-state index in [1.165, 1.54) is 4.90 Å². The van der Waals surface area contributed by atoms with Crippen LogP contribution >= 0.6 is 23.4 Å². The van der Waals surface area contributed by atoms with Crippen LogP contribution in [0.4, 0.5) is 0 Å². The maximum absolute atomic E-state index is 6.17. The van der Waals surface area contributed by atoms with E-state index >= 15 is 0 Å². The van der Waals surface area contributed by atoms with Gasteiger partial charge in [-0.05, 0) is 0 Å². The summed E-state index contributed by atoms with van der Waals surface area (Å²) in [4.78, 5) is 1.26. The molecule has 0 saturated carbocycles. The summed E-state index contributed by atoms with van der Waals surface area (Å²) in [6.07, 6.45) is 0. The molecule has 0 aliphatic carbocycles. The van der Waals surface area contributed by atoms with Crippen LogP contribution in [0.25, 0.3) is 0 Å². The summed E-state index contributed by atoms with van der Waals surface area (Å²) in [6, 6.07) is 10.3. The van der Waals surface area contributed by atoms with Gasteiger partial charge in [-0.3, -0.25) is 0 Å². The van der Waals surface area contributed by atoms with E-state index in [0.29, 0.717) is 0 Å². The van der Waals surface area contributed by atoms with Crippen LogP contribution in [0, 0.1) is 10.7 Å². The standard InChI is InChI=1S/C13H17ClGeS/c1-15(2,3)10-9-12(14)11-16-13-7-5-4-6-8-13/h4-8,12H,11H2,1-3H3. The number of thioether (sulfide) groups is 1.